The molecule has 2 fully saturated rings. The van der Waals surface area contributed by atoms with Crippen LogP contribution in [0, 0.1) is 0 Å². The highest BCUT2D eigenvalue weighted by atomic mass is 35.5. The number of piperazine rings is 1. The molecule has 2 aliphatic heterocycles. The number of anilines is 1. The minimum Gasteiger partial charge on any atom is -0.369 e. The Morgan fingerprint density at radius 3 is 2.81 bits per heavy atom. The average Bonchev–Trinajstić information content (AvgIpc) is 2.54. The van der Waals surface area contributed by atoms with E-state index >= 15 is 0 Å². The van der Waals surface area contributed by atoms with Gasteiger partial charge >= 0.3 is 0 Å². The Balaban J connectivity index is 1.42. The van der Waals surface area contributed by atoms with Gasteiger partial charge in [0.15, 0.2) is 0 Å². The molecule has 1 atom stereocenters. The first-order chi connectivity index (χ1) is 10.3. The van der Waals surface area contributed by atoms with Crippen molar-refractivity contribution in [1.29, 1.82) is 0 Å². The van der Waals surface area contributed by atoms with E-state index < -0.39 is 0 Å². The lowest BCUT2D eigenvalue weighted by molar-refractivity contribution is 0.245. The fourth-order valence-corrected chi connectivity index (χ4v) is 4.23. The average molecular weight is 326 g/mol. The summed E-state index contributed by atoms with van der Waals surface area (Å²) in [6, 6.07) is 8.92. The molecule has 1 aromatic rings. The van der Waals surface area contributed by atoms with E-state index in [1.54, 1.807) is 0 Å². The van der Waals surface area contributed by atoms with Crippen molar-refractivity contribution in [3.05, 3.63) is 29.3 Å². The fourth-order valence-electron chi connectivity index (χ4n) is 3.05. The number of nitrogens with zero attached hydrogens (tertiary/aromatic N) is 2. The Kier molecular flexibility index (Phi) is 5.69. The lowest BCUT2D eigenvalue weighted by Gasteiger charge is -2.37. The molecule has 2 aliphatic rings. The molecule has 116 valence electrons. The second kappa shape index (κ2) is 7.73. The zero-order valence-corrected chi connectivity index (χ0v) is 14.0. The zero-order chi connectivity index (χ0) is 14.5. The van der Waals surface area contributed by atoms with Gasteiger partial charge in [0.25, 0.3) is 0 Å². The predicted octanol–water partition coefficient (Wildman–Crippen LogP) is 2.56. The van der Waals surface area contributed by atoms with Gasteiger partial charge in [-0.1, -0.05) is 17.7 Å². The molecule has 5 heteroatoms. The van der Waals surface area contributed by atoms with Gasteiger partial charge in [0, 0.05) is 61.0 Å². The number of halogens is 1. The normalized spacial score (nSPS) is 24.2. The van der Waals surface area contributed by atoms with Crippen molar-refractivity contribution in [2.45, 2.75) is 12.5 Å². The van der Waals surface area contributed by atoms with Crippen LogP contribution in [0.4, 0.5) is 5.69 Å². The van der Waals surface area contributed by atoms with Gasteiger partial charge in [-0.15, -0.1) is 0 Å². The van der Waals surface area contributed by atoms with Crippen molar-refractivity contribution < 1.29 is 0 Å². The lowest BCUT2D eigenvalue weighted by Crippen LogP contribution is -2.48. The summed E-state index contributed by atoms with van der Waals surface area (Å²) in [4.78, 5) is 5.04. The summed E-state index contributed by atoms with van der Waals surface area (Å²) >= 11 is 8.17. The minimum absolute atomic E-state index is 0.717. The van der Waals surface area contributed by atoms with E-state index in [1.165, 1.54) is 36.7 Å². The molecule has 0 radical (unpaired) electrons. The van der Waals surface area contributed by atoms with Crippen LogP contribution < -0.4 is 10.2 Å². The Bertz CT molecular complexity index is 443. The molecule has 0 spiro atoms. The van der Waals surface area contributed by atoms with Gasteiger partial charge in [0.2, 0.25) is 0 Å². The Morgan fingerprint density at radius 1 is 1.24 bits per heavy atom. The summed E-state index contributed by atoms with van der Waals surface area (Å²) in [6.45, 7) is 6.93. The topological polar surface area (TPSA) is 18.5 Å². The summed E-state index contributed by atoms with van der Waals surface area (Å²) in [5.74, 6) is 2.55. The highest BCUT2D eigenvalue weighted by Crippen LogP contribution is 2.21. The van der Waals surface area contributed by atoms with Gasteiger partial charge in [-0.3, -0.25) is 4.90 Å². The van der Waals surface area contributed by atoms with E-state index in [0.29, 0.717) is 0 Å². The predicted molar refractivity (Wildman–Crippen MR) is 93.8 cm³/mol. The van der Waals surface area contributed by atoms with Crippen molar-refractivity contribution in [1.82, 2.24) is 10.2 Å². The summed E-state index contributed by atoms with van der Waals surface area (Å²) < 4.78 is 0. The molecular formula is C16H24ClN3S. The zero-order valence-electron chi connectivity index (χ0n) is 12.4. The van der Waals surface area contributed by atoms with Gasteiger partial charge in [-0.05, 0) is 31.2 Å². The van der Waals surface area contributed by atoms with Crippen LogP contribution in [0.3, 0.4) is 0 Å². The molecule has 1 aromatic carbocycles. The molecule has 0 aliphatic carbocycles. The van der Waals surface area contributed by atoms with E-state index in [4.69, 9.17) is 11.6 Å². The molecule has 2 heterocycles. The highest BCUT2D eigenvalue weighted by molar-refractivity contribution is 7.99. The first-order valence-electron chi connectivity index (χ1n) is 7.85. The van der Waals surface area contributed by atoms with Gasteiger partial charge < -0.3 is 10.2 Å². The van der Waals surface area contributed by atoms with Crippen LogP contribution in [0.1, 0.15) is 6.42 Å². The monoisotopic (exact) mass is 325 g/mol. The Morgan fingerprint density at radius 2 is 2.10 bits per heavy atom. The van der Waals surface area contributed by atoms with Crippen LogP contribution in [0.2, 0.25) is 5.02 Å². The fraction of sp³-hybridized carbons (Fsp3) is 0.625. The van der Waals surface area contributed by atoms with Gasteiger partial charge in [-0.2, -0.15) is 11.8 Å². The molecule has 1 N–H and O–H groups in total. The maximum atomic E-state index is 6.08. The SMILES string of the molecule is Clc1cccc(N2CCN(CCC3CSCCN3)CC2)c1. The number of rotatable bonds is 4. The maximum Gasteiger partial charge on any atom is 0.0426 e. The highest BCUT2D eigenvalue weighted by Gasteiger charge is 2.19. The number of hydrogen-bond donors (Lipinski definition) is 1. The van der Waals surface area contributed by atoms with Crippen LogP contribution in [-0.4, -0.2) is 61.7 Å². The molecule has 1 unspecified atom stereocenters. The quantitative estimate of drug-likeness (QED) is 0.916. The summed E-state index contributed by atoms with van der Waals surface area (Å²) in [5, 5.41) is 4.46. The maximum absolute atomic E-state index is 6.08. The molecule has 0 bridgehead atoms. The molecule has 2 saturated heterocycles. The molecule has 0 amide bonds. The van der Waals surface area contributed by atoms with E-state index in [-0.39, 0.29) is 0 Å². The molecule has 0 aromatic heterocycles. The van der Waals surface area contributed by atoms with E-state index in [2.05, 4.69) is 39.0 Å². The lowest BCUT2D eigenvalue weighted by atomic mass is 10.2. The van der Waals surface area contributed by atoms with Gasteiger partial charge in [-0.25, -0.2) is 0 Å². The number of thioether (sulfide) groups is 1. The molecular weight excluding hydrogens is 302 g/mol. The largest absolute Gasteiger partial charge is 0.369 e. The van der Waals surface area contributed by atoms with Gasteiger partial charge in [0.1, 0.15) is 0 Å². The molecule has 3 rings (SSSR count). The second-order valence-electron chi connectivity index (χ2n) is 5.82. The Labute approximate surface area is 137 Å². The third-order valence-electron chi connectivity index (χ3n) is 4.34. The molecule has 3 nitrogen and oxygen atoms in total. The first kappa shape index (κ1) is 15.5. The van der Waals surface area contributed by atoms with Gasteiger partial charge in [0.05, 0.1) is 0 Å². The van der Waals surface area contributed by atoms with Crippen LogP contribution in [0.15, 0.2) is 24.3 Å². The first-order valence-corrected chi connectivity index (χ1v) is 9.38. The van der Waals surface area contributed by atoms with E-state index in [1.807, 2.05) is 12.1 Å². The van der Waals surface area contributed by atoms with Crippen molar-refractivity contribution >= 4 is 29.1 Å². The van der Waals surface area contributed by atoms with Crippen LogP contribution in [-0.2, 0) is 0 Å². The third kappa shape index (κ3) is 4.52. The number of benzene rings is 1. The number of hydrogen-bond acceptors (Lipinski definition) is 4. The standard InChI is InChI=1S/C16H24ClN3S/c17-14-2-1-3-16(12-14)20-9-7-19(8-10-20)6-4-15-13-21-11-5-18-15/h1-3,12,15,18H,4-11,13H2. The van der Waals surface area contributed by atoms with Crippen LogP contribution in [0.5, 0.6) is 0 Å². The summed E-state index contributed by atoms with van der Waals surface area (Å²) in [6.07, 6.45) is 1.28. The van der Waals surface area contributed by atoms with Crippen LogP contribution in [0.25, 0.3) is 0 Å². The summed E-state index contributed by atoms with van der Waals surface area (Å²) in [5.41, 5.74) is 1.26. The molecule has 0 saturated carbocycles. The van der Waals surface area contributed by atoms with Crippen molar-refractivity contribution in [3.8, 4) is 0 Å². The van der Waals surface area contributed by atoms with E-state index in [0.717, 1.165) is 37.2 Å². The number of nitrogens with one attached hydrogen (secondary N) is 1. The van der Waals surface area contributed by atoms with Crippen molar-refractivity contribution in [2.24, 2.45) is 0 Å². The van der Waals surface area contributed by atoms with Crippen molar-refractivity contribution in [2.75, 3.05) is 55.7 Å². The third-order valence-corrected chi connectivity index (χ3v) is 5.70. The van der Waals surface area contributed by atoms with E-state index in [9.17, 15) is 0 Å². The smallest absolute Gasteiger partial charge is 0.0426 e. The minimum atomic E-state index is 0.717. The Hall–Kier alpha value is -0.420. The van der Waals surface area contributed by atoms with Crippen LogP contribution >= 0.6 is 23.4 Å². The molecule has 21 heavy (non-hydrogen) atoms. The second-order valence-corrected chi connectivity index (χ2v) is 7.41. The van der Waals surface area contributed by atoms with Crippen molar-refractivity contribution in [3.63, 3.8) is 0 Å². The summed E-state index contributed by atoms with van der Waals surface area (Å²) in [7, 11) is 0.